The van der Waals surface area contributed by atoms with Crippen molar-refractivity contribution in [3.05, 3.63) is 24.3 Å². The standard InChI is InChI=1S/C10H11F3N2O2/c1-2-17-8-6-4-3-5-7(8)14-9(16)15-10(11,12)13/h3-6H,2H2,1H3,(H2,14,15,16). The molecule has 1 aromatic carbocycles. The minimum absolute atomic E-state index is 0.177. The van der Waals surface area contributed by atoms with E-state index in [1.807, 2.05) is 0 Å². The monoisotopic (exact) mass is 248 g/mol. The van der Waals surface area contributed by atoms with Crippen LogP contribution in [0.4, 0.5) is 23.7 Å². The highest BCUT2D eigenvalue weighted by molar-refractivity contribution is 5.91. The maximum Gasteiger partial charge on any atom is 0.485 e. The lowest BCUT2D eigenvalue weighted by atomic mass is 10.3. The number of hydrogen-bond acceptors (Lipinski definition) is 2. The minimum atomic E-state index is -4.76. The van der Waals surface area contributed by atoms with E-state index in [1.54, 1.807) is 25.1 Å². The van der Waals surface area contributed by atoms with Crippen molar-refractivity contribution in [3.63, 3.8) is 0 Å². The molecule has 2 N–H and O–H groups in total. The SMILES string of the molecule is CCOc1ccccc1NC(=O)NC(F)(F)F. The molecular formula is C10H11F3N2O2. The van der Waals surface area contributed by atoms with Gasteiger partial charge in [0.05, 0.1) is 12.3 Å². The second kappa shape index (κ2) is 5.42. The van der Waals surface area contributed by atoms with Gasteiger partial charge in [0.25, 0.3) is 0 Å². The summed E-state index contributed by atoms with van der Waals surface area (Å²) in [6.07, 6.45) is -4.76. The lowest BCUT2D eigenvalue weighted by molar-refractivity contribution is -0.144. The van der Waals surface area contributed by atoms with Gasteiger partial charge in [-0.1, -0.05) is 12.1 Å². The molecule has 0 fully saturated rings. The summed E-state index contributed by atoms with van der Waals surface area (Å²) in [5, 5.41) is 2.89. The Kier molecular flexibility index (Phi) is 4.19. The van der Waals surface area contributed by atoms with E-state index in [0.717, 1.165) is 5.32 Å². The Hall–Kier alpha value is -1.92. The predicted octanol–water partition coefficient (Wildman–Crippen LogP) is 2.73. The van der Waals surface area contributed by atoms with Crippen LogP contribution in [0, 0.1) is 0 Å². The molecular weight excluding hydrogens is 237 g/mol. The molecule has 0 aromatic heterocycles. The van der Waals surface area contributed by atoms with Crippen LogP contribution in [0.25, 0.3) is 0 Å². The molecule has 0 bridgehead atoms. The summed E-state index contributed by atoms with van der Waals surface area (Å²) in [6, 6.07) is 4.86. The molecule has 0 saturated heterocycles. The first-order chi connectivity index (χ1) is 7.92. The first-order valence-electron chi connectivity index (χ1n) is 4.80. The van der Waals surface area contributed by atoms with Gasteiger partial charge >= 0.3 is 12.3 Å². The Bertz CT molecular complexity index is 393. The first-order valence-corrected chi connectivity index (χ1v) is 4.80. The fraction of sp³-hybridized carbons (Fsp3) is 0.300. The molecule has 1 rings (SSSR count). The molecule has 0 aliphatic rings. The number of para-hydroxylation sites is 2. The third kappa shape index (κ3) is 4.62. The van der Waals surface area contributed by atoms with Crippen LogP contribution in [-0.2, 0) is 0 Å². The lowest BCUT2D eigenvalue weighted by Gasteiger charge is -2.13. The van der Waals surface area contributed by atoms with Crippen molar-refractivity contribution < 1.29 is 22.7 Å². The zero-order valence-electron chi connectivity index (χ0n) is 8.97. The Labute approximate surface area is 95.8 Å². The van der Waals surface area contributed by atoms with Gasteiger partial charge in [-0.2, -0.15) is 13.2 Å². The van der Waals surface area contributed by atoms with E-state index in [0.29, 0.717) is 12.4 Å². The molecule has 17 heavy (non-hydrogen) atoms. The van der Waals surface area contributed by atoms with Crippen LogP contribution in [0.3, 0.4) is 0 Å². The van der Waals surface area contributed by atoms with Crippen LogP contribution in [0.1, 0.15) is 6.92 Å². The van der Waals surface area contributed by atoms with Gasteiger partial charge in [-0.15, -0.1) is 0 Å². The number of amides is 2. The van der Waals surface area contributed by atoms with Crippen LogP contribution < -0.4 is 15.4 Å². The topological polar surface area (TPSA) is 50.4 Å². The number of carbonyl (C=O) groups is 1. The summed E-state index contributed by atoms with van der Waals surface area (Å²) >= 11 is 0. The van der Waals surface area contributed by atoms with E-state index in [4.69, 9.17) is 4.74 Å². The van der Waals surface area contributed by atoms with Crippen LogP contribution in [0.15, 0.2) is 24.3 Å². The number of alkyl halides is 3. The maximum absolute atomic E-state index is 11.9. The van der Waals surface area contributed by atoms with Crippen molar-refractivity contribution in [1.29, 1.82) is 0 Å². The van der Waals surface area contributed by atoms with Gasteiger partial charge in [0.15, 0.2) is 0 Å². The van der Waals surface area contributed by atoms with Gasteiger partial charge in [0, 0.05) is 0 Å². The minimum Gasteiger partial charge on any atom is -0.492 e. The molecule has 0 heterocycles. The number of urea groups is 1. The van der Waals surface area contributed by atoms with E-state index in [2.05, 4.69) is 5.32 Å². The summed E-state index contributed by atoms with van der Waals surface area (Å²) in [5.74, 6) is 0.312. The summed E-state index contributed by atoms with van der Waals surface area (Å²) < 4.78 is 40.7. The smallest absolute Gasteiger partial charge is 0.485 e. The number of hydrogen-bond donors (Lipinski definition) is 2. The second-order valence-electron chi connectivity index (χ2n) is 3.01. The Morgan fingerprint density at radius 3 is 2.59 bits per heavy atom. The number of rotatable bonds is 3. The Morgan fingerprint density at radius 2 is 2.00 bits per heavy atom. The highest BCUT2D eigenvalue weighted by Gasteiger charge is 2.30. The molecule has 0 aliphatic heterocycles. The average molecular weight is 248 g/mol. The van der Waals surface area contributed by atoms with E-state index in [9.17, 15) is 18.0 Å². The third-order valence-corrected chi connectivity index (χ3v) is 1.69. The van der Waals surface area contributed by atoms with E-state index < -0.39 is 12.3 Å². The number of halogens is 3. The van der Waals surface area contributed by atoms with Crippen LogP contribution in [0.5, 0.6) is 5.75 Å². The van der Waals surface area contributed by atoms with Gasteiger partial charge in [-0.05, 0) is 19.1 Å². The van der Waals surface area contributed by atoms with Gasteiger partial charge in [-0.25, -0.2) is 10.1 Å². The van der Waals surface area contributed by atoms with Crippen LogP contribution in [-0.4, -0.2) is 18.9 Å². The number of carbonyl (C=O) groups excluding carboxylic acids is 1. The number of ether oxygens (including phenoxy) is 1. The lowest BCUT2D eigenvalue weighted by Crippen LogP contribution is -2.40. The molecule has 0 saturated carbocycles. The van der Waals surface area contributed by atoms with Crippen LogP contribution in [0.2, 0.25) is 0 Å². The second-order valence-corrected chi connectivity index (χ2v) is 3.01. The fourth-order valence-electron chi connectivity index (χ4n) is 1.13. The molecule has 0 radical (unpaired) electrons. The number of nitrogens with one attached hydrogen (secondary N) is 2. The van der Waals surface area contributed by atoms with Crippen molar-refractivity contribution in [3.8, 4) is 5.75 Å². The molecule has 0 aliphatic carbocycles. The average Bonchev–Trinajstić information content (AvgIpc) is 2.18. The molecule has 2 amide bonds. The summed E-state index contributed by atoms with van der Waals surface area (Å²) in [7, 11) is 0. The molecule has 94 valence electrons. The number of anilines is 1. The van der Waals surface area contributed by atoms with Gasteiger partial charge < -0.3 is 10.1 Å². The fourth-order valence-corrected chi connectivity index (χ4v) is 1.13. The largest absolute Gasteiger partial charge is 0.492 e. The van der Waals surface area contributed by atoms with Crippen molar-refractivity contribution in [2.24, 2.45) is 0 Å². The van der Waals surface area contributed by atoms with Crippen molar-refractivity contribution in [2.75, 3.05) is 11.9 Å². The molecule has 0 spiro atoms. The molecule has 4 nitrogen and oxygen atoms in total. The molecule has 0 atom stereocenters. The van der Waals surface area contributed by atoms with Gasteiger partial charge in [0.1, 0.15) is 5.75 Å². The quantitative estimate of drug-likeness (QED) is 0.808. The van der Waals surface area contributed by atoms with E-state index in [1.165, 1.54) is 6.07 Å². The van der Waals surface area contributed by atoms with Crippen molar-refractivity contribution in [2.45, 2.75) is 13.2 Å². The summed E-state index contributed by atoms with van der Waals surface area (Å²) in [6.45, 7) is 2.08. The van der Waals surface area contributed by atoms with Crippen molar-refractivity contribution in [1.82, 2.24) is 5.32 Å². The molecule has 7 heteroatoms. The van der Waals surface area contributed by atoms with Crippen molar-refractivity contribution >= 4 is 11.7 Å². The number of benzene rings is 1. The highest BCUT2D eigenvalue weighted by atomic mass is 19.4. The molecule has 1 aromatic rings. The molecule has 0 unspecified atom stereocenters. The van der Waals surface area contributed by atoms with Crippen LogP contribution >= 0.6 is 0 Å². The zero-order valence-corrected chi connectivity index (χ0v) is 8.97. The van der Waals surface area contributed by atoms with Gasteiger partial charge in [-0.3, -0.25) is 0 Å². The summed E-state index contributed by atoms with van der Waals surface area (Å²) in [4.78, 5) is 11.0. The zero-order chi connectivity index (χ0) is 12.9. The normalized spacial score (nSPS) is 10.8. The predicted molar refractivity (Wildman–Crippen MR) is 55.8 cm³/mol. The Balaban J connectivity index is 2.71. The van der Waals surface area contributed by atoms with E-state index in [-0.39, 0.29) is 5.69 Å². The van der Waals surface area contributed by atoms with E-state index >= 15 is 0 Å². The first kappa shape index (κ1) is 13.1. The third-order valence-electron chi connectivity index (χ3n) is 1.69. The summed E-state index contributed by atoms with van der Waals surface area (Å²) in [5.41, 5.74) is 0.177. The maximum atomic E-state index is 11.9. The highest BCUT2D eigenvalue weighted by Crippen LogP contribution is 2.23. The van der Waals surface area contributed by atoms with Gasteiger partial charge in [0.2, 0.25) is 0 Å². The Morgan fingerprint density at radius 1 is 1.35 bits per heavy atom.